The summed E-state index contributed by atoms with van der Waals surface area (Å²) in [6.45, 7) is 1.90. The predicted octanol–water partition coefficient (Wildman–Crippen LogP) is 7.34. The standard InChI is InChI=1S/C33H21NO6/c1-2-39-33(38)40-22-11-15-24-19(17-22)9-13-26-28(24)27-23-14-10-21(35)16-18(23)8-12-25(27)29-30(26)32(37)34(31(29)36)20-6-4-3-5-7-20/h3-17,35H,2H2,1H3. The lowest BCUT2D eigenvalue weighted by Crippen LogP contribution is -2.29. The minimum Gasteiger partial charge on any atom is -0.508 e. The van der Waals surface area contributed by atoms with Crippen molar-refractivity contribution >= 4 is 66.7 Å². The van der Waals surface area contributed by atoms with Gasteiger partial charge in [0.15, 0.2) is 0 Å². The topological polar surface area (TPSA) is 93.1 Å². The molecule has 6 aromatic rings. The molecule has 0 fully saturated rings. The molecule has 1 N–H and O–H groups in total. The van der Waals surface area contributed by atoms with Crippen LogP contribution in [0.2, 0.25) is 0 Å². The first-order chi connectivity index (χ1) is 19.5. The van der Waals surface area contributed by atoms with Crippen molar-refractivity contribution in [3.05, 3.63) is 102 Å². The maximum atomic E-state index is 13.9. The first-order valence-electron chi connectivity index (χ1n) is 12.8. The number of phenolic OH excluding ortho intramolecular Hbond substituents is 1. The van der Waals surface area contributed by atoms with Crippen LogP contribution in [0.3, 0.4) is 0 Å². The Morgan fingerprint density at radius 1 is 0.725 bits per heavy atom. The van der Waals surface area contributed by atoms with E-state index in [1.54, 1.807) is 55.5 Å². The molecule has 0 saturated heterocycles. The number of hydrogen-bond donors (Lipinski definition) is 1. The van der Waals surface area contributed by atoms with Gasteiger partial charge in [-0.2, -0.15) is 0 Å². The summed E-state index contributed by atoms with van der Waals surface area (Å²) in [5, 5.41) is 16.3. The fraction of sp³-hybridized carbons (Fsp3) is 0.0606. The van der Waals surface area contributed by atoms with E-state index in [-0.39, 0.29) is 24.2 Å². The number of nitrogens with zero attached hydrogens (tertiary/aromatic N) is 1. The third kappa shape index (κ3) is 3.41. The molecule has 1 heterocycles. The van der Waals surface area contributed by atoms with E-state index in [2.05, 4.69) is 0 Å². The van der Waals surface area contributed by atoms with Crippen molar-refractivity contribution in [2.75, 3.05) is 11.5 Å². The first-order valence-corrected chi connectivity index (χ1v) is 12.8. The van der Waals surface area contributed by atoms with Crippen molar-refractivity contribution < 1.29 is 29.0 Å². The van der Waals surface area contributed by atoms with Gasteiger partial charge in [0.05, 0.1) is 23.4 Å². The van der Waals surface area contributed by atoms with Crippen molar-refractivity contribution in [3.8, 4) is 11.5 Å². The van der Waals surface area contributed by atoms with E-state index in [1.807, 2.05) is 42.5 Å². The lowest BCUT2D eigenvalue weighted by molar-refractivity contribution is 0.0925. The zero-order chi connectivity index (χ0) is 27.5. The lowest BCUT2D eigenvalue weighted by Gasteiger charge is -2.15. The number of fused-ring (bicyclic) bond motifs is 10. The summed E-state index contributed by atoms with van der Waals surface area (Å²) in [7, 11) is 0. The highest BCUT2D eigenvalue weighted by molar-refractivity contribution is 6.45. The molecule has 7 heteroatoms. The normalized spacial score (nSPS) is 13.0. The van der Waals surface area contributed by atoms with Crippen LogP contribution in [0.15, 0.2) is 91.0 Å². The Balaban J connectivity index is 1.59. The molecule has 0 radical (unpaired) electrons. The number of benzene rings is 6. The van der Waals surface area contributed by atoms with Gasteiger partial charge in [0.25, 0.3) is 11.8 Å². The SMILES string of the molecule is CCOC(=O)Oc1ccc2c(ccc3c4c(c5ccc6cc(O)ccc6c5c32)C(=O)N(c2ccccc2)C4=O)c1. The first kappa shape index (κ1) is 23.7. The predicted molar refractivity (Wildman–Crippen MR) is 153 cm³/mol. The van der Waals surface area contributed by atoms with E-state index >= 15 is 0 Å². The van der Waals surface area contributed by atoms with Crippen LogP contribution in [0.25, 0.3) is 43.1 Å². The number of carbonyl (C=O) groups is 3. The van der Waals surface area contributed by atoms with Gasteiger partial charge >= 0.3 is 6.16 Å². The van der Waals surface area contributed by atoms with Crippen LogP contribution in [0.1, 0.15) is 27.6 Å². The molecule has 0 spiro atoms. The minimum absolute atomic E-state index is 0.129. The highest BCUT2D eigenvalue weighted by Crippen LogP contribution is 2.45. The Morgan fingerprint density at radius 3 is 1.93 bits per heavy atom. The number of phenols is 1. The average molecular weight is 528 g/mol. The molecule has 0 aliphatic carbocycles. The van der Waals surface area contributed by atoms with E-state index in [0.717, 1.165) is 32.3 Å². The van der Waals surface area contributed by atoms with Crippen molar-refractivity contribution in [3.63, 3.8) is 0 Å². The van der Waals surface area contributed by atoms with Crippen LogP contribution in [0.4, 0.5) is 10.5 Å². The van der Waals surface area contributed by atoms with Crippen LogP contribution in [-0.2, 0) is 4.74 Å². The van der Waals surface area contributed by atoms with Crippen LogP contribution in [-0.4, -0.2) is 29.7 Å². The Kier molecular flexibility index (Phi) is 5.21. The second-order valence-electron chi connectivity index (χ2n) is 9.58. The highest BCUT2D eigenvalue weighted by Gasteiger charge is 2.40. The molecule has 0 bridgehead atoms. The van der Waals surface area contributed by atoms with Crippen LogP contribution in [0.5, 0.6) is 11.5 Å². The van der Waals surface area contributed by atoms with Gasteiger partial charge in [0.2, 0.25) is 0 Å². The van der Waals surface area contributed by atoms with E-state index in [9.17, 15) is 19.5 Å². The fourth-order valence-corrected chi connectivity index (χ4v) is 5.73. The van der Waals surface area contributed by atoms with Crippen molar-refractivity contribution in [1.29, 1.82) is 0 Å². The van der Waals surface area contributed by atoms with Crippen molar-refractivity contribution in [2.45, 2.75) is 6.92 Å². The van der Waals surface area contributed by atoms with Crippen molar-refractivity contribution in [2.24, 2.45) is 0 Å². The summed E-state index contributed by atoms with van der Waals surface area (Å²) < 4.78 is 10.2. The number of amides is 2. The number of rotatable bonds is 3. The number of para-hydroxylation sites is 1. The third-order valence-electron chi connectivity index (χ3n) is 7.35. The van der Waals surface area contributed by atoms with Gasteiger partial charge in [-0.15, -0.1) is 0 Å². The smallest absolute Gasteiger partial charge is 0.508 e. The van der Waals surface area contributed by atoms with Crippen LogP contribution >= 0.6 is 0 Å². The lowest BCUT2D eigenvalue weighted by atomic mass is 9.87. The largest absolute Gasteiger partial charge is 0.513 e. The molecule has 6 aromatic carbocycles. The molecule has 0 atom stereocenters. The van der Waals surface area contributed by atoms with Gasteiger partial charge in [-0.1, -0.05) is 54.6 Å². The molecule has 2 amide bonds. The Bertz CT molecular complexity index is 2070. The molecule has 0 saturated carbocycles. The summed E-state index contributed by atoms with van der Waals surface area (Å²) in [4.78, 5) is 41.0. The quantitative estimate of drug-likeness (QED) is 0.112. The van der Waals surface area contributed by atoms with E-state index in [1.165, 1.54) is 4.90 Å². The Hall–Kier alpha value is -5.43. The van der Waals surface area contributed by atoms with E-state index in [4.69, 9.17) is 9.47 Å². The number of carbonyl (C=O) groups excluding carboxylic acids is 3. The summed E-state index contributed by atoms with van der Waals surface area (Å²) in [6, 6.07) is 26.6. The maximum Gasteiger partial charge on any atom is 0.513 e. The molecule has 40 heavy (non-hydrogen) atoms. The Labute approximate surface area is 227 Å². The fourth-order valence-electron chi connectivity index (χ4n) is 5.73. The van der Waals surface area contributed by atoms with Crippen molar-refractivity contribution in [1.82, 2.24) is 0 Å². The second kappa shape index (κ2) is 8.81. The van der Waals surface area contributed by atoms with Gasteiger partial charge in [-0.3, -0.25) is 9.59 Å². The summed E-state index contributed by atoms with van der Waals surface area (Å²) in [5.41, 5.74) is 1.21. The van der Waals surface area contributed by atoms with Gasteiger partial charge < -0.3 is 14.6 Å². The highest BCUT2D eigenvalue weighted by atomic mass is 16.7. The zero-order valence-corrected chi connectivity index (χ0v) is 21.3. The third-order valence-corrected chi connectivity index (χ3v) is 7.35. The monoisotopic (exact) mass is 527 g/mol. The molecule has 1 aliphatic heterocycles. The van der Waals surface area contributed by atoms with Gasteiger partial charge in [-0.05, 0) is 86.4 Å². The minimum atomic E-state index is -0.790. The Morgan fingerprint density at radius 2 is 1.30 bits per heavy atom. The van der Waals surface area contributed by atoms with E-state index < -0.39 is 6.16 Å². The molecule has 0 unspecified atom stereocenters. The number of anilines is 1. The molecular weight excluding hydrogens is 506 g/mol. The number of ether oxygens (including phenoxy) is 2. The maximum absolute atomic E-state index is 13.9. The molecule has 194 valence electrons. The van der Waals surface area contributed by atoms with Crippen LogP contribution < -0.4 is 9.64 Å². The number of aromatic hydroxyl groups is 1. The van der Waals surface area contributed by atoms with Gasteiger partial charge in [-0.25, -0.2) is 9.69 Å². The summed E-state index contributed by atoms with van der Waals surface area (Å²) in [6.07, 6.45) is -0.790. The number of imide groups is 1. The zero-order valence-electron chi connectivity index (χ0n) is 21.3. The summed E-state index contributed by atoms with van der Waals surface area (Å²) in [5.74, 6) is -0.309. The molecule has 0 aromatic heterocycles. The van der Waals surface area contributed by atoms with E-state index in [0.29, 0.717) is 33.3 Å². The summed E-state index contributed by atoms with van der Waals surface area (Å²) >= 11 is 0. The van der Waals surface area contributed by atoms with Gasteiger partial charge in [0.1, 0.15) is 11.5 Å². The molecule has 7 rings (SSSR count). The molecule has 1 aliphatic rings. The average Bonchev–Trinajstić information content (AvgIpc) is 3.22. The molecular formula is C33H21NO6. The number of hydrogen-bond acceptors (Lipinski definition) is 6. The molecule has 7 nitrogen and oxygen atoms in total. The van der Waals surface area contributed by atoms with Gasteiger partial charge in [0, 0.05) is 0 Å². The second-order valence-corrected chi connectivity index (χ2v) is 9.58. The van der Waals surface area contributed by atoms with Crippen LogP contribution in [0, 0.1) is 0 Å².